The molecule has 18 heavy (non-hydrogen) atoms. The summed E-state index contributed by atoms with van der Waals surface area (Å²) in [5.74, 6) is -0.0320. The SMILES string of the molecule is Cc1cn2cc(C(=O)NC3CCCCC3)nc2s1. The number of hydrogen-bond donors (Lipinski definition) is 1. The maximum atomic E-state index is 12.1. The fraction of sp³-hybridized carbons (Fsp3) is 0.538. The van der Waals surface area contributed by atoms with Crippen molar-refractivity contribution >= 4 is 22.2 Å². The summed E-state index contributed by atoms with van der Waals surface area (Å²) in [6.07, 6.45) is 9.78. The van der Waals surface area contributed by atoms with Crippen molar-refractivity contribution in [1.82, 2.24) is 14.7 Å². The number of hydrogen-bond acceptors (Lipinski definition) is 3. The molecule has 1 N–H and O–H groups in total. The second-order valence-electron chi connectivity index (χ2n) is 4.97. The maximum absolute atomic E-state index is 12.1. The third-order valence-corrected chi connectivity index (χ3v) is 4.36. The molecule has 5 heteroatoms. The molecule has 2 heterocycles. The second kappa shape index (κ2) is 4.72. The minimum Gasteiger partial charge on any atom is -0.348 e. The first-order valence-corrected chi connectivity index (χ1v) is 7.30. The van der Waals surface area contributed by atoms with Crippen molar-refractivity contribution in [3.05, 3.63) is 23.0 Å². The third kappa shape index (κ3) is 2.27. The second-order valence-corrected chi connectivity index (χ2v) is 6.18. The molecule has 0 bridgehead atoms. The summed E-state index contributed by atoms with van der Waals surface area (Å²) in [4.78, 5) is 18.5. The van der Waals surface area contributed by atoms with Crippen molar-refractivity contribution in [1.29, 1.82) is 0 Å². The van der Waals surface area contributed by atoms with Gasteiger partial charge < -0.3 is 5.32 Å². The first-order valence-electron chi connectivity index (χ1n) is 6.48. The Balaban J connectivity index is 1.72. The van der Waals surface area contributed by atoms with Crippen molar-refractivity contribution in [2.75, 3.05) is 0 Å². The monoisotopic (exact) mass is 263 g/mol. The smallest absolute Gasteiger partial charge is 0.271 e. The van der Waals surface area contributed by atoms with E-state index < -0.39 is 0 Å². The van der Waals surface area contributed by atoms with Crippen LogP contribution in [0.5, 0.6) is 0 Å². The fourth-order valence-corrected chi connectivity index (χ4v) is 3.34. The molecule has 3 rings (SSSR count). The maximum Gasteiger partial charge on any atom is 0.271 e. The lowest BCUT2D eigenvalue weighted by Crippen LogP contribution is -2.36. The highest BCUT2D eigenvalue weighted by Gasteiger charge is 2.18. The molecule has 0 unspecified atom stereocenters. The highest BCUT2D eigenvalue weighted by atomic mass is 32.1. The number of nitrogens with one attached hydrogen (secondary N) is 1. The summed E-state index contributed by atoms with van der Waals surface area (Å²) in [6, 6.07) is 0.340. The van der Waals surface area contributed by atoms with Crippen LogP contribution >= 0.6 is 11.3 Å². The van der Waals surface area contributed by atoms with Gasteiger partial charge in [-0.2, -0.15) is 0 Å². The number of carbonyl (C=O) groups excluding carboxylic acids is 1. The van der Waals surface area contributed by atoms with Gasteiger partial charge in [-0.1, -0.05) is 19.3 Å². The minimum atomic E-state index is -0.0320. The lowest BCUT2D eigenvalue weighted by atomic mass is 9.95. The van der Waals surface area contributed by atoms with Gasteiger partial charge in [-0.3, -0.25) is 9.20 Å². The molecule has 4 nitrogen and oxygen atoms in total. The van der Waals surface area contributed by atoms with Gasteiger partial charge in [-0.25, -0.2) is 4.98 Å². The number of aromatic nitrogens is 2. The van der Waals surface area contributed by atoms with Crippen molar-refractivity contribution in [2.24, 2.45) is 0 Å². The molecule has 0 saturated heterocycles. The number of rotatable bonds is 2. The van der Waals surface area contributed by atoms with Crippen LogP contribution in [0.2, 0.25) is 0 Å². The van der Waals surface area contributed by atoms with Crippen LogP contribution in [0.1, 0.15) is 47.5 Å². The van der Waals surface area contributed by atoms with E-state index >= 15 is 0 Å². The topological polar surface area (TPSA) is 46.4 Å². The number of amides is 1. The van der Waals surface area contributed by atoms with E-state index in [4.69, 9.17) is 0 Å². The Morgan fingerprint density at radius 3 is 2.89 bits per heavy atom. The predicted molar refractivity (Wildman–Crippen MR) is 72.1 cm³/mol. The van der Waals surface area contributed by atoms with Crippen LogP contribution in [-0.2, 0) is 0 Å². The van der Waals surface area contributed by atoms with E-state index in [2.05, 4.69) is 10.3 Å². The molecule has 0 atom stereocenters. The van der Waals surface area contributed by atoms with Crippen LogP contribution in [0, 0.1) is 6.92 Å². The molecule has 1 fully saturated rings. The van der Waals surface area contributed by atoms with Crippen molar-refractivity contribution in [2.45, 2.75) is 45.1 Å². The lowest BCUT2D eigenvalue weighted by Gasteiger charge is -2.22. The summed E-state index contributed by atoms with van der Waals surface area (Å²) in [7, 11) is 0. The molecule has 1 aliphatic rings. The Morgan fingerprint density at radius 2 is 2.17 bits per heavy atom. The zero-order valence-corrected chi connectivity index (χ0v) is 11.3. The number of aryl methyl sites for hydroxylation is 1. The summed E-state index contributed by atoms with van der Waals surface area (Å²) in [5, 5.41) is 3.09. The van der Waals surface area contributed by atoms with Crippen LogP contribution in [0.3, 0.4) is 0 Å². The molecule has 2 aromatic heterocycles. The molecule has 0 aromatic carbocycles. The highest BCUT2D eigenvalue weighted by Crippen LogP contribution is 2.19. The van der Waals surface area contributed by atoms with Crippen LogP contribution < -0.4 is 5.32 Å². The van der Waals surface area contributed by atoms with Crippen molar-refractivity contribution in [3.63, 3.8) is 0 Å². The van der Waals surface area contributed by atoms with Gasteiger partial charge in [0.15, 0.2) is 4.96 Å². The molecule has 0 spiro atoms. The molecule has 1 saturated carbocycles. The predicted octanol–water partition coefficient (Wildman–Crippen LogP) is 2.77. The fourth-order valence-electron chi connectivity index (χ4n) is 2.53. The van der Waals surface area contributed by atoms with E-state index in [1.807, 2.05) is 23.7 Å². The van der Waals surface area contributed by atoms with Gasteiger partial charge in [0.2, 0.25) is 0 Å². The Hall–Kier alpha value is -1.36. The van der Waals surface area contributed by atoms with E-state index in [-0.39, 0.29) is 5.91 Å². The van der Waals surface area contributed by atoms with Crippen LogP contribution in [0.4, 0.5) is 0 Å². The Bertz CT molecular complexity index is 534. The van der Waals surface area contributed by atoms with E-state index in [0.717, 1.165) is 17.8 Å². The third-order valence-electron chi connectivity index (χ3n) is 3.44. The molecule has 96 valence electrons. The number of fused-ring (bicyclic) bond motifs is 1. The molecule has 1 aliphatic carbocycles. The van der Waals surface area contributed by atoms with Crippen molar-refractivity contribution < 1.29 is 4.79 Å². The van der Waals surface area contributed by atoms with Gasteiger partial charge in [0.25, 0.3) is 5.91 Å². The van der Waals surface area contributed by atoms with Crippen LogP contribution in [0.25, 0.3) is 4.96 Å². The lowest BCUT2D eigenvalue weighted by molar-refractivity contribution is 0.0923. The average Bonchev–Trinajstić information content (AvgIpc) is 2.87. The Kier molecular flexibility index (Phi) is 3.07. The van der Waals surface area contributed by atoms with Gasteiger partial charge in [0, 0.05) is 23.3 Å². The van der Waals surface area contributed by atoms with Crippen LogP contribution in [-0.4, -0.2) is 21.3 Å². The van der Waals surface area contributed by atoms with Gasteiger partial charge in [0.05, 0.1) is 0 Å². The van der Waals surface area contributed by atoms with Gasteiger partial charge >= 0.3 is 0 Å². The minimum absolute atomic E-state index is 0.0320. The largest absolute Gasteiger partial charge is 0.348 e. The van der Waals surface area contributed by atoms with Gasteiger partial charge in [0.1, 0.15) is 5.69 Å². The molecule has 0 aliphatic heterocycles. The quantitative estimate of drug-likeness (QED) is 0.905. The standard InChI is InChI=1S/C13H17N3OS/c1-9-7-16-8-11(15-13(16)18-9)12(17)14-10-5-3-2-4-6-10/h7-8,10H,2-6H2,1H3,(H,14,17). The number of imidazole rings is 1. The van der Waals surface area contributed by atoms with Crippen molar-refractivity contribution in [3.8, 4) is 0 Å². The zero-order chi connectivity index (χ0) is 12.5. The number of nitrogens with zero attached hydrogens (tertiary/aromatic N) is 2. The average molecular weight is 263 g/mol. The summed E-state index contributed by atoms with van der Waals surface area (Å²) >= 11 is 1.61. The first kappa shape index (κ1) is 11.7. The van der Waals surface area contributed by atoms with E-state index in [9.17, 15) is 4.79 Å². The molecular weight excluding hydrogens is 246 g/mol. The molecule has 1 amide bonds. The van der Waals surface area contributed by atoms with Gasteiger partial charge in [-0.15, -0.1) is 11.3 Å². The number of thiazole rings is 1. The highest BCUT2D eigenvalue weighted by molar-refractivity contribution is 7.17. The molecule has 2 aromatic rings. The normalized spacial score (nSPS) is 17.2. The zero-order valence-electron chi connectivity index (χ0n) is 10.5. The number of carbonyl (C=O) groups is 1. The molecular formula is C13H17N3OS. The molecule has 0 radical (unpaired) electrons. The van der Waals surface area contributed by atoms with E-state index in [0.29, 0.717) is 11.7 Å². The Labute approximate surface area is 110 Å². The summed E-state index contributed by atoms with van der Waals surface area (Å²) < 4.78 is 1.93. The Morgan fingerprint density at radius 1 is 1.39 bits per heavy atom. The first-order chi connectivity index (χ1) is 8.72. The van der Waals surface area contributed by atoms with Crippen LogP contribution in [0.15, 0.2) is 12.4 Å². The van der Waals surface area contributed by atoms with E-state index in [1.165, 1.54) is 24.1 Å². The summed E-state index contributed by atoms with van der Waals surface area (Å²) in [5.41, 5.74) is 0.534. The summed E-state index contributed by atoms with van der Waals surface area (Å²) in [6.45, 7) is 2.04. The van der Waals surface area contributed by atoms with E-state index in [1.54, 1.807) is 11.3 Å². The van der Waals surface area contributed by atoms with Gasteiger partial charge in [-0.05, 0) is 19.8 Å².